The van der Waals surface area contributed by atoms with Gasteiger partial charge in [-0.15, -0.1) is 0 Å². The Morgan fingerprint density at radius 3 is 2.63 bits per heavy atom. The molecule has 0 bridgehead atoms. The molecule has 2 rings (SSSR count). The molecular weight excluding hydrogens is 265 g/mol. The fourth-order valence-electron chi connectivity index (χ4n) is 1.77. The summed E-state index contributed by atoms with van der Waals surface area (Å²) in [6, 6.07) is 9.79. The van der Waals surface area contributed by atoms with E-state index in [9.17, 15) is 4.39 Å². The lowest BCUT2D eigenvalue weighted by Crippen LogP contribution is -2.08. The van der Waals surface area contributed by atoms with Crippen molar-refractivity contribution in [2.75, 3.05) is 0 Å². The summed E-state index contributed by atoms with van der Waals surface area (Å²) in [5.74, 6) is 0.863. The molecule has 0 saturated heterocycles. The minimum atomic E-state index is -0.315. The van der Waals surface area contributed by atoms with Crippen LogP contribution in [0.5, 0.6) is 11.5 Å². The van der Waals surface area contributed by atoms with Gasteiger partial charge >= 0.3 is 0 Å². The molecular formula is C15H15ClFNO. The first kappa shape index (κ1) is 13.8. The maximum absolute atomic E-state index is 13.6. The number of ether oxygens (including phenoxy) is 1. The summed E-state index contributed by atoms with van der Waals surface area (Å²) in [5, 5.41) is 0.582. The first-order chi connectivity index (χ1) is 8.97. The van der Waals surface area contributed by atoms with Crippen molar-refractivity contribution >= 4 is 11.6 Å². The highest BCUT2D eigenvalue weighted by molar-refractivity contribution is 6.30. The van der Waals surface area contributed by atoms with Crippen molar-refractivity contribution in [2.24, 2.45) is 5.73 Å². The lowest BCUT2D eigenvalue weighted by atomic mass is 10.1. The number of rotatable bonds is 3. The quantitative estimate of drug-likeness (QED) is 0.891. The van der Waals surface area contributed by atoms with Gasteiger partial charge in [0, 0.05) is 16.6 Å². The molecule has 0 amide bonds. The maximum atomic E-state index is 13.6. The van der Waals surface area contributed by atoms with Gasteiger partial charge < -0.3 is 10.5 Å². The summed E-state index contributed by atoms with van der Waals surface area (Å²) in [5.41, 5.74) is 6.99. The molecule has 100 valence electrons. The van der Waals surface area contributed by atoms with Gasteiger partial charge in [-0.1, -0.05) is 17.7 Å². The third kappa shape index (κ3) is 3.25. The Bertz CT molecular complexity index is 599. The SMILES string of the molecule is Cc1cc(Oc2cccc(Cl)c2)c(C(C)N)cc1F. The van der Waals surface area contributed by atoms with Crippen molar-refractivity contribution < 1.29 is 9.13 Å². The van der Waals surface area contributed by atoms with Gasteiger partial charge in [-0.3, -0.25) is 0 Å². The van der Waals surface area contributed by atoms with Crippen LogP contribution in [0.2, 0.25) is 5.02 Å². The van der Waals surface area contributed by atoms with Gasteiger partial charge in [0.05, 0.1) is 0 Å². The molecule has 0 spiro atoms. The Balaban J connectivity index is 2.41. The summed E-state index contributed by atoms with van der Waals surface area (Å²) in [7, 11) is 0. The molecule has 2 N–H and O–H groups in total. The summed E-state index contributed by atoms with van der Waals surface area (Å²) in [4.78, 5) is 0. The second kappa shape index (κ2) is 5.59. The molecule has 0 aliphatic heterocycles. The molecule has 1 unspecified atom stereocenters. The Morgan fingerprint density at radius 2 is 2.00 bits per heavy atom. The third-order valence-electron chi connectivity index (χ3n) is 2.81. The zero-order chi connectivity index (χ0) is 14.0. The van der Waals surface area contributed by atoms with Gasteiger partial charge in [0.2, 0.25) is 0 Å². The highest BCUT2D eigenvalue weighted by Gasteiger charge is 2.13. The van der Waals surface area contributed by atoms with Crippen molar-refractivity contribution in [1.82, 2.24) is 0 Å². The summed E-state index contributed by atoms with van der Waals surface area (Å²) in [6.45, 7) is 3.47. The minimum absolute atomic E-state index is 0.286. The van der Waals surface area contributed by atoms with Crippen LogP contribution in [0, 0.1) is 12.7 Å². The van der Waals surface area contributed by atoms with Gasteiger partial charge in [-0.25, -0.2) is 4.39 Å². The van der Waals surface area contributed by atoms with Crippen molar-refractivity contribution in [3.63, 3.8) is 0 Å². The van der Waals surface area contributed by atoms with Crippen molar-refractivity contribution in [2.45, 2.75) is 19.9 Å². The molecule has 2 aromatic carbocycles. The second-order valence-electron chi connectivity index (χ2n) is 4.49. The number of halogens is 2. The molecule has 2 aromatic rings. The van der Waals surface area contributed by atoms with Crippen molar-refractivity contribution in [3.8, 4) is 11.5 Å². The van der Waals surface area contributed by atoms with E-state index in [1.165, 1.54) is 6.07 Å². The number of hydrogen-bond acceptors (Lipinski definition) is 2. The average molecular weight is 280 g/mol. The number of benzene rings is 2. The van der Waals surface area contributed by atoms with Gasteiger partial charge in [-0.2, -0.15) is 0 Å². The first-order valence-electron chi connectivity index (χ1n) is 5.96. The van der Waals surface area contributed by atoms with E-state index in [1.54, 1.807) is 44.2 Å². The zero-order valence-corrected chi connectivity index (χ0v) is 11.5. The van der Waals surface area contributed by atoms with E-state index in [1.807, 2.05) is 0 Å². The van der Waals surface area contributed by atoms with Crippen LogP contribution in [0.4, 0.5) is 4.39 Å². The Hall–Kier alpha value is -1.58. The fraction of sp³-hybridized carbons (Fsp3) is 0.200. The maximum Gasteiger partial charge on any atom is 0.132 e. The minimum Gasteiger partial charge on any atom is -0.457 e. The average Bonchev–Trinajstić information content (AvgIpc) is 2.33. The van der Waals surface area contributed by atoms with Crippen LogP contribution in [-0.4, -0.2) is 0 Å². The fourth-order valence-corrected chi connectivity index (χ4v) is 1.95. The van der Waals surface area contributed by atoms with Gasteiger partial charge in [0.15, 0.2) is 0 Å². The lowest BCUT2D eigenvalue weighted by Gasteiger charge is -2.15. The van der Waals surface area contributed by atoms with E-state index >= 15 is 0 Å². The molecule has 0 aliphatic rings. The highest BCUT2D eigenvalue weighted by Crippen LogP contribution is 2.32. The van der Waals surface area contributed by atoms with Crippen LogP contribution in [0.25, 0.3) is 0 Å². The normalized spacial score (nSPS) is 12.3. The van der Waals surface area contributed by atoms with Crippen LogP contribution < -0.4 is 10.5 Å². The van der Waals surface area contributed by atoms with Crippen molar-refractivity contribution in [1.29, 1.82) is 0 Å². The zero-order valence-electron chi connectivity index (χ0n) is 10.8. The largest absolute Gasteiger partial charge is 0.457 e. The third-order valence-corrected chi connectivity index (χ3v) is 3.04. The molecule has 0 radical (unpaired) electrons. The molecule has 0 fully saturated rings. The molecule has 1 atom stereocenters. The molecule has 4 heteroatoms. The van der Waals surface area contributed by atoms with E-state index in [0.29, 0.717) is 27.6 Å². The molecule has 0 aromatic heterocycles. The summed E-state index contributed by atoms with van der Waals surface area (Å²) in [6.07, 6.45) is 0. The molecule has 2 nitrogen and oxygen atoms in total. The highest BCUT2D eigenvalue weighted by atomic mass is 35.5. The smallest absolute Gasteiger partial charge is 0.132 e. The van der Waals surface area contributed by atoms with Crippen LogP contribution >= 0.6 is 11.6 Å². The van der Waals surface area contributed by atoms with Crippen LogP contribution in [-0.2, 0) is 0 Å². The standard InChI is InChI=1S/C15H15ClFNO/c1-9-6-15(13(10(2)18)8-14(9)17)19-12-5-3-4-11(16)7-12/h3-8,10H,18H2,1-2H3. The van der Waals surface area contributed by atoms with E-state index in [2.05, 4.69) is 0 Å². The second-order valence-corrected chi connectivity index (χ2v) is 4.92. The molecule has 0 heterocycles. The van der Waals surface area contributed by atoms with E-state index < -0.39 is 0 Å². The van der Waals surface area contributed by atoms with Crippen molar-refractivity contribution in [3.05, 3.63) is 58.4 Å². The molecule has 19 heavy (non-hydrogen) atoms. The van der Waals surface area contributed by atoms with Gasteiger partial charge in [0.25, 0.3) is 0 Å². The Kier molecular flexibility index (Phi) is 4.08. The number of aryl methyl sites for hydroxylation is 1. The molecule has 0 saturated carbocycles. The predicted octanol–water partition coefficient (Wildman–Crippen LogP) is 4.60. The van der Waals surface area contributed by atoms with E-state index in [4.69, 9.17) is 22.1 Å². The predicted molar refractivity (Wildman–Crippen MR) is 75.3 cm³/mol. The van der Waals surface area contributed by atoms with Crippen LogP contribution in [0.1, 0.15) is 24.1 Å². The van der Waals surface area contributed by atoms with Gasteiger partial charge in [0.1, 0.15) is 17.3 Å². The summed E-state index contributed by atoms with van der Waals surface area (Å²) >= 11 is 5.91. The number of hydrogen-bond donors (Lipinski definition) is 1. The Morgan fingerprint density at radius 1 is 1.26 bits per heavy atom. The molecule has 0 aliphatic carbocycles. The van der Waals surface area contributed by atoms with E-state index in [-0.39, 0.29) is 11.9 Å². The monoisotopic (exact) mass is 279 g/mol. The number of nitrogens with two attached hydrogens (primary N) is 1. The van der Waals surface area contributed by atoms with Crippen LogP contribution in [0.3, 0.4) is 0 Å². The topological polar surface area (TPSA) is 35.2 Å². The van der Waals surface area contributed by atoms with E-state index in [0.717, 1.165) is 0 Å². The summed E-state index contributed by atoms with van der Waals surface area (Å²) < 4.78 is 19.3. The van der Waals surface area contributed by atoms with Gasteiger partial charge in [-0.05, 0) is 49.7 Å². The Labute approximate surface area is 117 Å². The van der Waals surface area contributed by atoms with Crippen LogP contribution in [0.15, 0.2) is 36.4 Å². The first-order valence-corrected chi connectivity index (χ1v) is 6.34. The lowest BCUT2D eigenvalue weighted by molar-refractivity contribution is 0.468.